The van der Waals surface area contributed by atoms with Gasteiger partial charge in [0.05, 0.1) is 12.5 Å². The maximum atomic E-state index is 13.6. The molecule has 2 nitrogen and oxygen atoms in total. The van der Waals surface area contributed by atoms with E-state index in [4.69, 9.17) is 21.1 Å². The van der Waals surface area contributed by atoms with Crippen molar-refractivity contribution in [2.75, 3.05) is 6.61 Å². The molecule has 0 bridgehead atoms. The zero-order valence-corrected chi connectivity index (χ0v) is 12.3. The quantitative estimate of drug-likeness (QED) is 0.721. The third kappa shape index (κ3) is 3.64. The first-order valence-corrected chi connectivity index (χ1v) is 7.07. The molecule has 0 amide bonds. The highest BCUT2D eigenvalue weighted by atomic mass is 35.5. The van der Waals surface area contributed by atoms with E-state index in [2.05, 4.69) is 0 Å². The predicted octanol–water partition coefficient (Wildman–Crippen LogP) is 4.68. The molecule has 0 heterocycles. The Hall–Kier alpha value is -1.81. The Morgan fingerprint density at radius 1 is 1.00 bits per heavy atom. The summed E-state index contributed by atoms with van der Waals surface area (Å²) in [6.07, 6.45) is 0. The van der Waals surface area contributed by atoms with E-state index < -0.39 is 11.6 Å². The Kier molecular flexibility index (Phi) is 5.39. The smallest absolute Gasteiger partial charge is 0.166 e. The van der Waals surface area contributed by atoms with Gasteiger partial charge in [0.1, 0.15) is 6.61 Å². The van der Waals surface area contributed by atoms with Crippen molar-refractivity contribution in [3.05, 3.63) is 59.2 Å². The van der Waals surface area contributed by atoms with E-state index in [9.17, 15) is 8.78 Å². The van der Waals surface area contributed by atoms with Crippen LogP contribution in [0.25, 0.3) is 0 Å². The molecule has 2 aromatic carbocycles. The summed E-state index contributed by atoms with van der Waals surface area (Å²) in [4.78, 5) is 0. The zero-order valence-electron chi connectivity index (χ0n) is 11.5. The van der Waals surface area contributed by atoms with Gasteiger partial charge >= 0.3 is 0 Å². The first-order valence-electron chi connectivity index (χ1n) is 6.53. The van der Waals surface area contributed by atoms with Crippen molar-refractivity contribution in [3.63, 3.8) is 0 Å². The van der Waals surface area contributed by atoms with Crippen molar-refractivity contribution in [1.82, 2.24) is 0 Å². The lowest BCUT2D eigenvalue weighted by Crippen LogP contribution is -2.04. The van der Waals surface area contributed by atoms with Crippen LogP contribution in [0.2, 0.25) is 0 Å². The third-order valence-corrected chi connectivity index (χ3v) is 3.20. The molecule has 0 saturated heterocycles. The van der Waals surface area contributed by atoms with E-state index in [-0.39, 0.29) is 18.1 Å². The van der Waals surface area contributed by atoms with E-state index in [1.807, 2.05) is 6.92 Å². The molecule has 0 radical (unpaired) electrons. The maximum absolute atomic E-state index is 13.6. The molecular formula is C16H15ClF2O2. The molecule has 0 aliphatic heterocycles. The minimum absolute atomic E-state index is 0.0996. The van der Waals surface area contributed by atoms with Gasteiger partial charge in [0, 0.05) is 11.1 Å². The molecule has 0 aliphatic carbocycles. The maximum Gasteiger partial charge on any atom is 0.166 e. The Morgan fingerprint density at radius 3 is 2.43 bits per heavy atom. The standard InChI is InChI=1S/C16H15ClF2O2/c1-2-20-14-8-4-5-11(9-17)16(14)21-10-12-6-3-7-13(18)15(12)19/h3-8H,2,9-10H2,1H3. The summed E-state index contributed by atoms with van der Waals surface area (Å²) in [5.74, 6) is -0.571. The van der Waals surface area contributed by atoms with Crippen molar-refractivity contribution in [2.45, 2.75) is 19.4 Å². The number of para-hydroxylation sites is 1. The van der Waals surface area contributed by atoms with Gasteiger partial charge in [0.25, 0.3) is 0 Å². The number of halogens is 3. The van der Waals surface area contributed by atoms with Crippen LogP contribution in [0.3, 0.4) is 0 Å². The summed E-state index contributed by atoms with van der Waals surface area (Å²) in [5.41, 5.74) is 0.876. The molecule has 2 aromatic rings. The zero-order chi connectivity index (χ0) is 15.2. The van der Waals surface area contributed by atoms with Crippen LogP contribution >= 0.6 is 11.6 Å². The lowest BCUT2D eigenvalue weighted by atomic mass is 10.2. The predicted molar refractivity (Wildman–Crippen MR) is 77.9 cm³/mol. The fraction of sp³-hybridized carbons (Fsp3) is 0.250. The Labute approximate surface area is 127 Å². The first-order chi connectivity index (χ1) is 10.2. The van der Waals surface area contributed by atoms with Gasteiger partial charge in [0.2, 0.25) is 0 Å². The Bertz CT molecular complexity index is 617. The second kappa shape index (κ2) is 7.27. The lowest BCUT2D eigenvalue weighted by Gasteiger charge is -2.15. The highest BCUT2D eigenvalue weighted by molar-refractivity contribution is 6.17. The van der Waals surface area contributed by atoms with Crippen molar-refractivity contribution < 1.29 is 18.3 Å². The van der Waals surface area contributed by atoms with E-state index in [0.717, 1.165) is 11.6 Å². The molecule has 21 heavy (non-hydrogen) atoms. The number of ether oxygens (including phenoxy) is 2. The topological polar surface area (TPSA) is 18.5 Å². The van der Waals surface area contributed by atoms with Gasteiger partial charge in [-0.15, -0.1) is 11.6 Å². The molecule has 0 N–H and O–H groups in total. The number of hydrogen-bond acceptors (Lipinski definition) is 2. The van der Waals surface area contributed by atoms with Crippen LogP contribution in [0.15, 0.2) is 36.4 Å². The normalized spacial score (nSPS) is 10.5. The number of hydrogen-bond donors (Lipinski definition) is 0. The van der Waals surface area contributed by atoms with Gasteiger partial charge < -0.3 is 9.47 Å². The molecular weight excluding hydrogens is 298 g/mol. The van der Waals surface area contributed by atoms with Gasteiger partial charge in [-0.05, 0) is 19.1 Å². The number of rotatable bonds is 6. The second-order valence-corrected chi connectivity index (χ2v) is 4.58. The number of benzene rings is 2. The van der Waals surface area contributed by atoms with Crippen molar-refractivity contribution in [2.24, 2.45) is 0 Å². The molecule has 0 spiro atoms. The summed E-state index contributed by atoms with van der Waals surface area (Å²) in [7, 11) is 0. The minimum atomic E-state index is -0.904. The van der Waals surface area contributed by atoms with E-state index in [1.54, 1.807) is 18.2 Å². The fourth-order valence-corrected chi connectivity index (χ4v) is 2.12. The molecule has 2 rings (SSSR count). The average molecular weight is 313 g/mol. The van der Waals surface area contributed by atoms with Crippen molar-refractivity contribution in [1.29, 1.82) is 0 Å². The van der Waals surface area contributed by atoms with Crippen LogP contribution in [-0.4, -0.2) is 6.61 Å². The van der Waals surface area contributed by atoms with Crippen LogP contribution in [0, 0.1) is 11.6 Å². The van der Waals surface area contributed by atoms with E-state index in [0.29, 0.717) is 18.1 Å². The minimum Gasteiger partial charge on any atom is -0.490 e. The van der Waals surface area contributed by atoms with Crippen molar-refractivity contribution in [3.8, 4) is 11.5 Å². The molecule has 0 aliphatic rings. The highest BCUT2D eigenvalue weighted by Crippen LogP contribution is 2.33. The summed E-state index contributed by atoms with van der Waals surface area (Å²) in [5, 5.41) is 0. The van der Waals surface area contributed by atoms with Crippen LogP contribution in [-0.2, 0) is 12.5 Å². The van der Waals surface area contributed by atoms with Crippen LogP contribution in [0.4, 0.5) is 8.78 Å². The van der Waals surface area contributed by atoms with Gasteiger partial charge in [0.15, 0.2) is 23.1 Å². The molecule has 0 aromatic heterocycles. The van der Waals surface area contributed by atoms with Gasteiger partial charge in [-0.2, -0.15) is 0 Å². The molecule has 112 valence electrons. The van der Waals surface area contributed by atoms with Crippen LogP contribution in [0.5, 0.6) is 11.5 Å². The summed E-state index contributed by atoms with van der Waals surface area (Å²) >= 11 is 5.87. The molecule has 0 fully saturated rings. The third-order valence-electron chi connectivity index (χ3n) is 2.91. The molecule has 0 saturated carbocycles. The van der Waals surface area contributed by atoms with Crippen molar-refractivity contribution >= 4 is 11.6 Å². The van der Waals surface area contributed by atoms with Crippen LogP contribution in [0.1, 0.15) is 18.1 Å². The van der Waals surface area contributed by atoms with Gasteiger partial charge in [-0.25, -0.2) is 8.78 Å². The Morgan fingerprint density at radius 2 is 1.71 bits per heavy atom. The average Bonchev–Trinajstić information content (AvgIpc) is 2.49. The largest absolute Gasteiger partial charge is 0.490 e. The SMILES string of the molecule is CCOc1cccc(CCl)c1OCc1cccc(F)c1F. The summed E-state index contributed by atoms with van der Waals surface area (Å²) in [6.45, 7) is 2.22. The first kappa shape index (κ1) is 15.6. The summed E-state index contributed by atoms with van der Waals surface area (Å²) in [6, 6.07) is 9.33. The fourth-order valence-electron chi connectivity index (χ4n) is 1.91. The van der Waals surface area contributed by atoms with Crippen LogP contribution < -0.4 is 9.47 Å². The highest BCUT2D eigenvalue weighted by Gasteiger charge is 2.13. The molecule has 0 atom stereocenters. The summed E-state index contributed by atoms with van der Waals surface area (Å²) < 4.78 is 37.9. The van der Waals surface area contributed by atoms with Gasteiger partial charge in [-0.1, -0.05) is 24.3 Å². The number of alkyl halides is 1. The monoisotopic (exact) mass is 312 g/mol. The second-order valence-electron chi connectivity index (χ2n) is 4.31. The Balaban J connectivity index is 2.24. The van der Waals surface area contributed by atoms with Gasteiger partial charge in [-0.3, -0.25) is 0 Å². The van der Waals surface area contributed by atoms with E-state index >= 15 is 0 Å². The molecule has 5 heteroatoms. The van der Waals surface area contributed by atoms with E-state index in [1.165, 1.54) is 12.1 Å². The lowest BCUT2D eigenvalue weighted by molar-refractivity contribution is 0.262. The molecule has 0 unspecified atom stereocenters.